The first kappa shape index (κ1) is 24.8. The Balaban J connectivity index is 1.27. The highest BCUT2D eigenvalue weighted by Crippen LogP contribution is 2.29. The maximum atomic E-state index is 14.7. The minimum absolute atomic E-state index is 0.113. The molecule has 1 fully saturated rings. The summed E-state index contributed by atoms with van der Waals surface area (Å²) in [5.41, 5.74) is 3.01. The van der Waals surface area contributed by atoms with Crippen molar-refractivity contribution in [3.8, 4) is 11.4 Å². The van der Waals surface area contributed by atoms with Crippen molar-refractivity contribution in [3.05, 3.63) is 47.7 Å². The SMILES string of the molecule is CN(C)CC(=O)C1CCN(c2ccc(Nc3ncc(F)c(-c4cc5c(n4C)CCNC5=O)n3)nc2)CC1. The van der Waals surface area contributed by atoms with Gasteiger partial charge in [-0.1, -0.05) is 0 Å². The normalized spacial score (nSPS) is 16.0. The highest BCUT2D eigenvalue weighted by Gasteiger charge is 2.26. The number of ketones is 1. The number of aromatic nitrogens is 4. The largest absolute Gasteiger partial charge is 0.370 e. The zero-order valence-corrected chi connectivity index (χ0v) is 21.3. The van der Waals surface area contributed by atoms with Crippen LogP contribution < -0.4 is 15.5 Å². The summed E-state index contributed by atoms with van der Waals surface area (Å²) >= 11 is 0. The van der Waals surface area contributed by atoms with Crippen molar-refractivity contribution in [2.75, 3.05) is 50.5 Å². The number of carbonyl (C=O) groups is 2. The van der Waals surface area contributed by atoms with E-state index in [2.05, 4.69) is 30.5 Å². The van der Waals surface area contributed by atoms with Crippen LogP contribution in [0.4, 0.5) is 21.8 Å². The molecule has 0 aromatic carbocycles. The van der Waals surface area contributed by atoms with Crippen LogP contribution in [0.5, 0.6) is 0 Å². The third-order valence-electron chi connectivity index (χ3n) is 7.01. The van der Waals surface area contributed by atoms with Gasteiger partial charge < -0.3 is 25.0 Å². The van der Waals surface area contributed by atoms with E-state index in [0.717, 1.165) is 43.5 Å². The molecule has 1 amide bonds. The van der Waals surface area contributed by atoms with Crippen LogP contribution in [-0.2, 0) is 18.3 Å². The van der Waals surface area contributed by atoms with E-state index in [4.69, 9.17) is 0 Å². The van der Waals surface area contributed by atoms with E-state index in [0.29, 0.717) is 42.4 Å². The van der Waals surface area contributed by atoms with Gasteiger partial charge >= 0.3 is 0 Å². The Morgan fingerprint density at radius 2 is 2.00 bits per heavy atom. The fourth-order valence-electron chi connectivity index (χ4n) is 5.03. The Morgan fingerprint density at radius 1 is 1.22 bits per heavy atom. The Hall–Kier alpha value is -3.86. The number of rotatable bonds is 7. The molecule has 0 saturated carbocycles. The van der Waals surface area contributed by atoms with Crippen molar-refractivity contribution in [3.63, 3.8) is 0 Å². The second-order valence-corrected chi connectivity index (χ2v) is 9.84. The first-order chi connectivity index (χ1) is 17.8. The number of nitrogens with one attached hydrogen (secondary N) is 2. The van der Waals surface area contributed by atoms with Crippen LogP contribution in [0.25, 0.3) is 11.4 Å². The summed E-state index contributed by atoms with van der Waals surface area (Å²) < 4.78 is 16.5. The van der Waals surface area contributed by atoms with Gasteiger partial charge in [0.1, 0.15) is 17.3 Å². The number of hydrogen-bond acceptors (Lipinski definition) is 8. The van der Waals surface area contributed by atoms with Crippen molar-refractivity contribution in [1.29, 1.82) is 0 Å². The van der Waals surface area contributed by atoms with Gasteiger partial charge in [0.05, 0.1) is 35.9 Å². The predicted molar refractivity (Wildman–Crippen MR) is 138 cm³/mol. The van der Waals surface area contributed by atoms with Gasteiger partial charge in [0.2, 0.25) is 5.95 Å². The first-order valence-electron chi connectivity index (χ1n) is 12.5. The third kappa shape index (κ3) is 5.17. The van der Waals surface area contributed by atoms with E-state index in [1.54, 1.807) is 12.3 Å². The molecular formula is C26H31FN8O2. The van der Waals surface area contributed by atoms with Crippen LogP contribution in [0.3, 0.4) is 0 Å². The molecule has 3 aromatic heterocycles. The Kier molecular flexibility index (Phi) is 6.88. The van der Waals surface area contributed by atoms with Crippen molar-refractivity contribution in [2.24, 2.45) is 13.0 Å². The molecule has 0 aliphatic carbocycles. The number of Topliss-reactive ketones (excluding diaryl/α,β-unsaturated/α-hetero) is 1. The molecule has 5 rings (SSSR count). The number of likely N-dealkylation sites (N-methyl/N-ethyl adjacent to an activating group) is 1. The van der Waals surface area contributed by atoms with Crippen LogP contribution in [0.2, 0.25) is 0 Å². The lowest BCUT2D eigenvalue weighted by atomic mass is 9.92. The van der Waals surface area contributed by atoms with Gasteiger partial charge in [-0.3, -0.25) is 9.59 Å². The van der Waals surface area contributed by atoms with Crippen LogP contribution >= 0.6 is 0 Å². The maximum absolute atomic E-state index is 14.7. The molecule has 0 spiro atoms. The molecule has 0 atom stereocenters. The van der Waals surface area contributed by atoms with Crippen molar-refractivity contribution >= 4 is 29.1 Å². The van der Waals surface area contributed by atoms with E-state index in [9.17, 15) is 14.0 Å². The highest BCUT2D eigenvalue weighted by atomic mass is 19.1. The zero-order chi connectivity index (χ0) is 26.1. The number of anilines is 3. The first-order valence-corrected chi connectivity index (χ1v) is 12.5. The number of fused-ring (bicyclic) bond motifs is 1. The highest BCUT2D eigenvalue weighted by molar-refractivity contribution is 5.97. The summed E-state index contributed by atoms with van der Waals surface area (Å²) in [5.74, 6) is 0.425. The van der Waals surface area contributed by atoms with Gasteiger partial charge in [-0.15, -0.1) is 0 Å². The second-order valence-electron chi connectivity index (χ2n) is 9.84. The van der Waals surface area contributed by atoms with Crippen molar-refractivity contribution in [1.82, 2.24) is 29.7 Å². The fraction of sp³-hybridized carbons (Fsp3) is 0.423. The van der Waals surface area contributed by atoms with E-state index in [1.807, 2.05) is 42.7 Å². The summed E-state index contributed by atoms with van der Waals surface area (Å²) in [4.78, 5) is 41.7. The molecule has 0 unspecified atom stereocenters. The van der Waals surface area contributed by atoms with Gasteiger partial charge in [-0.25, -0.2) is 19.3 Å². The average Bonchev–Trinajstić information content (AvgIpc) is 3.23. The number of amides is 1. The molecule has 37 heavy (non-hydrogen) atoms. The monoisotopic (exact) mass is 506 g/mol. The lowest BCUT2D eigenvalue weighted by molar-refractivity contribution is -0.124. The van der Waals surface area contributed by atoms with Crippen LogP contribution in [0, 0.1) is 11.7 Å². The molecule has 3 aromatic rings. The van der Waals surface area contributed by atoms with Gasteiger partial charge in [-0.2, -0.15) is 0 Å². The third-order valence-corrected chi connectivity index (χ3v) is 7.01. The molecule has 2 aliphatic heterocycles. The molecule has 2 aliphatic rings. The van der Waals surface area contributed by atoms with E-state index in [-0.39, 0.29) is 23.5 Å². The molecule has 10 nitrogen and oxygen atoms in total. The summed E-state index contributed by atoms with van der Waals surface area (Å²) in [6.07, 6.45) is 5.24. The summed E-state index contributed by atoms with van der Waals surface area (Å²) in [6, 6.07) is 5.46. The predicted octanol–water partition coefficient (Wildman–Crippen LogP) is 2.39. The summed E-state index contributed by atoms with van der Waals surface area (Å²) in [7, 11) is 5.64. The van der Waals surface area contributed by atoms with E-state index in [1.165, 1.54) is 0 Å². The number of nitrogens with zero attached hydrogens (tertiary/aromatic N) is 6. The fourth-order valence-corrected chi connectivity index (χ4v) is 5.03. The molecule has 11 heteroatoms. The number of carbonyl (C=O) groups excluding carboxylic acids is 2. The van der Waals surface area contributed by atoms with E-state index < -0.39 is 5.82 Å². The minimum Gasteiger partial charge on any atom is -0.370 e. The minimum atomic E-state index is -0.570. The number of halogens is 1. The van der Waals surface area contributed by atoms with Gasteiger partial charge in [0.15, 0.2) is 5.82 Å². The van der Waals surface area contributed by atoms with E-state index >= 15 is 0 Å². The summed E-state index contributed by atoms with van der Waals surface area (Å²) in [6.45, 7) is 2.65. The average molecular weight is 507 g/mol. The lowest BCUT2D eigenvalue weighted by Gasteiger charge is -2.33. The lowest BCUT2D eigenvalue weighted by Crippen LogP contribution is -2.38. The Bertz CT molecular complexity index is 1310. The number of pyridine rings is 1. The molecule has 0 bridgehead atoms. The topological polar surface area (TPSA) is 108 Å². The zero-order valence-electron chi connectivity index (χ0n) is 21.3. The van der Waals surface area contributed by atoms with Gasteiger partial charge in [0, 0.05) is 44.7 Å². The summed E-state index contributed by atoms with van der Waals surface area (Å²) in [5, 5.41) is 5.86. The molecular weight excluding hydrogens is 475 g/mol. The van der Waals surface area contributed by atoms with Gasteiger partial charge in [0.25, 0.3) is 5.91 Å². The number of hydrogen-bond donors (Lipinski definition) is 2. The van der Waals surface area contributed by atoms with Crippen LogP contribution in [-0.4, -0.2) is 76.4 Å². The second kappa shape index (κ2) is 10.3. The molecule has 2 N–H and O–H groups in total. The standard InChI is InChI=1S/C26H31FN8O2/c1-33(2)15-22(36)16-7-10-35(11-8-16)17-4-5-23(29-13-17)31-26-30-14-19(27)24(32-26)21-12-18-20(34(21)3)6-9-28-25(18)37/h4-5,12-14,16H,6-11,15H2,1-3H3,(H,28,37)(H,29,30,31,32). The quantitative estimate of drug-likeness (QED) is 0.503. The molecule has 0 radical (unpaired) electrons. The van der Waals surface area contributed by atoms with Crippen LogP contribution in [0.15, 0.2) is 30.6 Å². The molecule has 1 saturated heterocycles. The van der Waals surface area contributed by atoms with Crippen molar-refractivity contribution in [2.45, 2.75) is 19.3 Å². The smallest absolute Gasteiger partial charge is 0.253 e. The van der Waals surface area contributed by atoms with Gasteiger partial charge in [-0.05, 0) is 45.1 Å². The van der Waals surface area contributed by atoms with Crippen LogP contribution in [0.1, 0.15) is 28.9 Å². The Morgan fingerprint density at radius 3 is 2.68 bits per heavy atom. The maximum Gasteiger partial charge on any atom is 0.253 e. The number of piperidine rings is 1. The van der Waals surface area contributed by atoms with Crippen molar-refractivity contribution < 1.29 is 14.0 Å². The molecule has 194 valence electrons. The Labute approximate surface area is 214 Å². The molecule has 5 heterocycles.